The van der Waals surface area contributed by atoms with Crippen LogP contribution in [0.2, 0.25) is 10.0 Å². The lowest BCUT2D eigenvalue weighted by molar-refractivity contribution is -0.146. The fourth-order valence-electron chi connectivity index (χ4n) is 8.29. The minimum atomic E-state index is -1.43. The molecule has 0 aliphatic carbocycles. The highest BCUT2D eigenvalue weighted by atomic mass is 35.5. The number of halogens is 2. The summed E-state index contributed by atoms with van der Waals surface area (Å²) in [6.07, 6.45) is 1.89. The van der Waals surface area contributed by atoms with E-state index in [1.54, 1.807) is 56.4 Å². The van der Waals surface area contributed by atoms with Crippen LogP contribution in [0.15, 0.2) is 103 Å². The third-order valence-electron chi connectivity index (χ3n) is 12.7. The van der Waals surface area contributed by atoms with E-state index in [-0.39, 0.29) is 50.6 Å². The van der Waals surface area contributed by atoms with E-state index in [1.807, 2.05) is 91.4 Å². The molecule has 5 aromatic rings. The molecule has 1 aromatic heterocycles. The van der Waals surface area contributed by atoms with Crippen LogP contribution in [0.5, 0.6) is 11.5 Å². The highest BCUT2D eigenvalue weighted by Gasteiger charge is 2.36. The van der Waals surface area contributed by atoms with E-state index >= 15 is 0 Å². The quantitative estimate of drug-likeness (QED) is 0.133. The van der Waals surface area contributed by atoms with Crippen LogP contribution in [0, 0.1) is 5.92 Å². The van der Waals surface area contributed by atoms with E-state index < -0.39 is 54.4 Å². The van der Waals surface area contributed by atoms with Crippen LogP contribution in [-0.2, 0) is 57.0 Å². The lowest BCUT2D eigenvalue weighted by atomic mass is 9.93. The van der Waals surface area contributed by atoms with Crippen LogP contribution < -0.4 is 15.4 Å². The maximum Gasteiger partial charge on any atom is 0.247 e. The van der Waals surface area contributed by atoms with Gasteiger partial charge in [0, 0.05) is 73.8 Å². The number of aliphatic hydroxyl groups is 1. The van der Waals surface area contributed by atoms with Gasteiger partial charge in [-0.3, -0.25) is 24.0 Å². The molecule has 5 amide bonds. The van der Waals surface area contributed by atoms with Gasteiger partial charge in [0.1, 0.15) is 29.4 Å². The van der Waals surface area contributed by atoms with Gasteiger partial charge in [0.25, 0.3) is 0 Å². The van der Waals surface area contributed by atoms with E-state index in [0.29, 0.717) is 33.7 Å². The van der Waals surface area contributed by atoms with Gasteiger partial charge in [-0.15, -0.1) is 0 Å². The van der Waals surface area contributed by atoms with Crippen molar-refractivity contribution >= 4 is 52.7 Å². The van der Waals surface area contributed by atoms with Crippen LogP contribution in [-0.4, -0.2) is 129 Å². The maximum atomic E-state index is 15.0. The number of likely N-dealkylation sites (N-methyl/N-ethyl adjacent to an activating group) is 2. The van der Waals surface area contributed by atoms with Crippen LogP contribution in [0.4, 0.5) is 0 Å². The molecule has 1 fully saturated rings. The number of hydrogen-bond acceptors (Lipinski definition) is 9. The minimum absolute atomic E-state index is 0.0972. The number of carbonyl (C=O) groups excluding carboxylic acids is 5. The molecule has 17 heteroatoms. The molecule has 15 nitrogen and oxygen atoms in total. The Balaban J connectivity index is 1.35. The van der Waals surface area contributed by atoms with Crippen molar-refractivity contribution in [2.24, 2.45) is 13.0 Å². The number of nitrogens with zero attached hydrogens (tertiary/aromatic N) is 6. The molecule has 4 aromatic carbocycles. The first-order valence-electron chi connectivity index (χ1n) is 22.9. The van der Waals surface area contributed by atoms with E-state index in [9.17, 15) is 29.1 Å². The zero-order valence-electron chi connectivity index (χ0n) is 40.2. The van der Waals surface area contributed by atoms with Gasteiger partial charge in [-0.05, 0) is 100 Å². The third kappa shape index (κ3) is 13.7. The summed E-state index contributed by atoms with van der Waals surface area (Å²) in [5, 5.41) is 17.1. The lowest BCUT2D eigenvalue weighted by Gasteiger charge is -2.35. The number of nitrogens with one attached hydrogen (secondary N) is 2. The average molecular weight is 982 g/mol. The molecule has 1 aliphatic heterocycles. The first kappa shape index (κ1) is 52.1. The predicted molar refractivity (Wildman–Crippen MR) is 266 cm³/mol. The number of aromatic nitrogens is 2. The molecule has 0 spiro atoms. The molecule has 0 saturated carbocycles. The molecule has 5 atom stereocenters. The maximum absolute atomic E-state index is 15.0. The van der Waals surface area contributed by atoms with Gasteiger partial charge < -0.3 is 44.6 Å². The van der Waals surface area contributed by atoms with Gasteiger partial charge in [-0.1, -0.05) is 71.7 Å². The standard InChI is InChI=1S/C52H62Cl2N8O7/c1-33-28-56-48(64)27-42(24-36-13-18-40(53)19-14-36)60(6)52(68)44(32-63)57-50(66)34(2)62(49(65)25-39(51(67)59(33)5)23-35-11-9-8-10-12-35)30-38-15-20-41(54)26-46(38)69-43-21-16-37(17-22-43)45-29-55-47(61(45)7)31-58(3)4/h8-22,26,29,33-34,39,42,44,63H,23-25,27-28,30-32H2,1-7H3,(H,56,64)(H,57,66)/t33-,34-,39+,42-,44-/m0/s1. The van der Waals surface area contributed by atoms with Gasteiger partial charge in [0.05, 0.1) is 37.5 Å². The summed E-state index contributed by atoms with van der Waals surface area (Å²) in [6.45, 7) is 3.19. The summed E-state index contributed by atoms with van der Waals surface area (Å²) in [4.78, 5) is 82.6. The van der Waals surface area contributed by atoms with Crippen molar-refractivity contribution in [1.29, 1.82) is 0 Å². The molecule has 1 aliphatic rings. The Labute approximate surface area is 414 Å². The normalized spacial score (nSPS) is 20.4. The summed E-state index contributed by atoms with van der Waals surface area (Å²) in [6, 6.07) is 25.0. The zero-order chi connectivity index (χ0) is 49.9. The van der Waals surface area contributed by atoms with Crippen molar-refractivity contribution in [3.8, 4) is 22.8 Å². The van der Waals surface area contributed by atoms with E-state index in [2.05, 4.69) is 15.6 Å². The summed E-state index contributed by atoms with van der Waals surface area (Å²) < 4.78 is 8.50. The molecule has 2 heterocycles. The van der Waals surface area contributed by atoms with Gasteiger partial charge >= 0.3 is 0 Å². The van der Waals surface area contributed by atoms with Crippen molar-refractivity contribution in [1.82, 2.24) is 39.8 Å². The summed E-state index contributed by atoms with van der Waals surface area (Å²) in [5.41, 5.74) is 3.99. The molecule has 3 N–H and O–H groups in total. The number of hydrogen-bond donors (Lipinski definition) is 3. The molecule has 0 unspecified atom stereocenters. The molecule has 1 saturated heterocycles. The fourth-order valence-corrected chi connectivity index (χ4v) is 8.58. The van der Waals surface area contributed by atoms with Crippen LogP contribution in [0.3, 0.4) is 0 Å². The van der Waals surface area contributed by atoms with Gasteiger partial charge in [-0.25, -0.2) is 4.98 Å². The number of carbonyl (C=O) groups is 5. The third-order valence-corrected chi connectivity index (χ3v) is 13.1. The second kappa shape index (κ2) is 23.8. The lowest BCUT2D eigenvalue weighted by Crippen LogP contribution is -2.57. The van der Waals surface area contributed by atoms with E-state index in [1.165, 1.54) is 28.7 Å². The van der Waals surface area contributed by atoms with Crippen molar-refractivity contribution in [3.05, 3.63) is 136 Å². The minimum Gasteiger partial charge on any atom is -0.457 e. The number of ether oxygens (including phenoxy) is 1. The van der Waals surface area contributed by atoms with Crippen molar-refractivity contribution < 1.29 is 33.8 Å². The first-order chi connectivity index (χ1) is 32.9. The second-order valence-electron chi connectivity index (χ2n) is 18.0. The molecular weight excluding hydrogens is 920 g/mol. The zero-order valence-corrected chi connectivity index (χ0v) is 41.7. The molecule has 69 heavy (non-hydrogen) atoms. The van der Waals surface area contributed by atoms with E-state index in [4.69, 9.17) is 27.9 Å². The Hall–Kier alpha value is -6.26. The molecule has 366 valence electrons. The summed E-state index contributed by atoms with van der Waals surface area (Å²) >= 11 is 12.7. The number of amides is 5. The summed E-state index contributed by atoms with van der Waals surface area (Å²) in [5.74, 6) is -1.73. The Kier molecular flexibility index (Phi) is 18.0. The van der Waals surface area contributed by atoms with Gasteiger partial charge in [0.2, 0.25) is 29.5 Å². The van der Waals surface area contributed by atoms with Crippen molar-refractivity contribution in [2.45, 2.75) is 76.8 Å². The molecule has 6 rings (SSSR count). The average Bonchev–Trinajstić information content (AvgIpc) is 3.69. The van der Waals surface area contributed by atoms with Crippen LogP contribution in [0.1, 0.15) is 49.2 Å². The fraction of sp³-hybridized carbons (Fsp3) is 0.385. The van der Waals surface area contributed by atoms with Crippen LogP contribution >= 0.6 is 23.2 Å². The Morgan fingerprint density at radius 2 is 1.46 bits per heavy atom. The molecular formula is C52H62Cl2N8O7. The predicted octanol–water partition coefficient (Wildman–Crippen LogP) is 6.13. The monoisotopic (exact) mass is 980 g/mol. The topological polar surface area (TPSA) is 170 Å². The number of rotatable bonds is 12. The largest absolute Gasteiger partial charge is 0.457 e. The van der Waals surface area contributed by atoms with Crippen LogP contribution in [0.25, 0.3) is 11.3 Å². The first-order valence-corrected chi connectivity index (χ1v) is 23.7. The SMILES string of the molecule is C[C@H]1CNC(=O)C[C@H](Cc2ccc(Cl)cc2)N(C)C(=O)[C@H](CO)NC(=O)[C@H](C)N(Cc2ccc(Cl)cc2Oc2ccc(-c3cnc(CN(C)C)n3C)cc2)C(=O)C[C@@H](Cc2ccccc2)C(=O)N1C. The molecule has 0 radical (unpaired) electrons. The number of benzene rings is 4. The number of aliphatic hydroxyl groups excluding tert-OH is 1. The summed E-state index contributed by atoms with van der Waals surface area (Å²) in [7, 11) is 9.10. The van der Waals surface area contributed by atoms with Crippen molar-refractivity contribution in [2.75, 3.05) is 41.3 Å². The van der Waals surface area contributed by atoms with Gasteiger partial charge in [0.15, 0.2) is 0 Å². The number of imidazole rings is 1. The Morgan fingerprint density at radius 3 is 2.13 bits per heavy atom. The van der Waals surface area contributed by atoms with Gasteiger partial charge in [-0.2, -0.15) is 0 Å². The second-order valence-corrected chi connectivity index (χ2v) is 18.9. The Bertz CT molecular complexity index is 2570. The molecule has 0 bridgehead atoms. The Morgan fingerprint density at radius 1 is 0.797 bits per heavy atom. The smallest absolute Gasteiger partial charge is 0.247 e. The highest BCUT2D eigenvalue weighted by Crippen LogP contribution is 2.32. The van der Waals surface area contributed by atoms with E-state index in [0.717, 1.165) is 28.2 Å². The highest BCUT2D eigenvalue weighted by molar-refractivity contribution is 6.31. The van der Waals surface area contributed by atoms with Crippen molar-refractivity contribution in [3.63, 3.8) is 0 Å².